The molecule has 5 nitrogen and oxygen atoms in total. The summed E-state index contributed by atoms with van der Waals surface area (Å²) in [5.41, 5.74) is 0.817. The minimum Gasteiger partial charge on any atom is -0.346 e. The molecule has 4 rings (SSSR count). The minimum atomic E-state index is -0.448. The highest BCUT2D eigenvalue weighted by atomic mass is 35.5. The number of nitrogens with one attached hydrogen (secondary N) is 1. The van der Waals surface area contributed by atoms with Crippen molar-refractivity contribution in [3.8, 4) is 0 Å². The van der Waals surface area contributed by atoms with Crippen LogP contribution in [-0.2, 0) is 11.3 Å². The van der Waals surface area contributed by atoms with E-state index in [4.69, 9.17) is 11.6 Å². The third kappa shape index (κ3) is 4.17. The van der Waals surface area contributed by atoms with Crippen LogP contribution in [0.25, 0.3) is 0 Å². The van der Waals surface area contributed by atoms with Gasteiger partial charge in [0.05, 0.1) is 5.01 Å². The summed E-state index contributed by atoms with van der Waals surface area (Å²) in [6.07, 6.45) is 1.70. The molecular weight excluding hydrogens is 449 g/mol. The second kappa shape index (κ2) is 8.41. The van der Waals surface area contributed by atoms with Crippen molar-refractivity contribution in [2.24, 2.45) is 16.7 Å². The third-order valence-corrected chi connectivity index (χ3v) is 8.87. The maximum absolute atomic E-state index is 13.9. The Morgan fingerprint density at radius 3 is 2.47 bits per heavy atom. The van der Waals surface area contributed by atoms with E-state index in [1.807, 2.05) is 4.90 Å². The fourth-order valence-electron chi connectivity index (χ4n) is 4.85. The van der Waals surface area contributed by atoms with E-state index in [-0.39, 0.29) is 41.0 Å². The van der Waals surface area contributed by atoms with Crippen molar-refractivity contribution in [3.05, 3.63) is 50.7 Å². The van der Waals surface area contributed by atoms with Crippen molar-refractivity contribution in [1.29, 1.82) is 0 Å². The Hall–Kier alpha value is -1.99. The first-order valence-corrected chi connectivity index (χ1v) is 12.2. The van der Waals surface area contributed by atoms with E-state index >= 15 is 0 Å². The van der Waals surface area contributed by atoms with Crippen LogP contribution in [0.5, 0.6) is 0 Å². The molecule has 2 aromatic rings. The molecule has 1 aromatic heterocycles. The fraction of sp³-hybridized carbons (Fsp3) is 0.542. The molecule has 0 spiro atoms. The van der Waals surface area contributed by atoms with Gasteiger partial charge in [-0.25, -0.2) is 9.37 Å². The van der Waals surface area contributed by atoms with E-state index < -0.39 is 5.82 Å². The van der Waals surface area contributed by atoms with Crippen molar-refractivity contribution < 1.29 is 14.0 Å². The minimum absolute atomic E-state index is 0.0490. The SMILES string of the molecule is CC1(C)C(C(=O)N2CCC(c3nc(C(=O)NCc4ccc(Cl)cc4F)cs3)CC2)C1(C)C. The lowest BCUT2D eigenvalue weighted by Gasteiger charge is -2.31. The molecule has 8 heteroatoms. The van der Waals surface area contributed by atoms with Crippen LogP contribution < -0.4 is 5.32 Å². The molecule has 0 bridgehead atoms. The third-order valence-electron chi connectivity index (χ3n) is 7.63. The average molecular weight is 478 g/mol. The summed E-state index contributed by atoms with van der Waals surface area (Å²) >= 11 is 7.24. The lowest BCUT2D eigenvalue weighted by molar-refractivity contribution is -0.134. The number of rotatable bonds is 5. The van der Waals surface area contributed by atoms with E-state index in [0.29, 0.717) is 16.3 Å². The zero-order valence-electron chi connectivity index (χ0n) is 18.9. The number of hydrogen-bond donors (Lipinski definition) is 1. The van der Waals surface area contributed by atoms with Gasteiger partial charge in [0.1, 0.15) is 11.5 Å². The maximum atomic E-state index is 13.9. The number of thiazole rings is 1. The van der Waals surface area contributed by atoms with Crippen LogP contribution >= 0.6 is 22.9 Å². The lowest BCUT2D eigenvalue weighted by Crippen LogP contribution is -2.40. The molecule has 2 heterocycles. The molecule has 172 valence electrons. The molecule has 2 fully saturated rings. The zero-order valence-corrected chi connectivity index (χ0v) is 20.4. The molecule has 1 saturated heterocycles. The van der Waals surface area contributed by atoms with E-state index in [1.165, 1.54) is 17.4 Å². The zero-order chi connectivity index (χ0) is 23.3. The summed E-state index contributed by atoms with van der Waals surface area (Å²) in [4.78, 5) is 32.0. The number of carbonyl (C=O) groups excluding carboxylic acids is 2. The molecule has 0 unspecified atom stereocenters. The summed E-state index contributed by atoms with van der Waals surface area (Å²) in [6.45, 7) is 10.2. The average Bonchev–Trinajstić information content (AvgIpc) is 3.07. The van der Waals surface area contributed by atoms with Gasteiger partial charge in [-0.1, -0.05) is 45.4 Å². The van der Waals surface area contributed by atoms with Crippen molar-refractivity contribution in [2.45, 2.75) is 53.0 Å². The Labute approximate surface area is 197 Å². The Morgan fingerprint density at radius 2 is 1.88 bits per heavy atom. The smallest absolute Gasteiger partial charge is 0.271 e. The molecule has 0 radical (unpaired) electrons. The molecule has 1 aliphatic heterocycles. The van der Waals surface area contributed by atoms with Crippen molar-refractivity contribution >= 4 is 34.8 Å². The summed E-state index contributed by atoms with van der Waals surface area (Å²) in [5.74, 6) is -0.164. The van der Waals surface area contributed by atoms with Gasteiger partial charge in [-0.15, -0.1) is 11.3 Å². The number of halogens is 2. The molecule has 2 aliphatic rings. The highest BCUT2D eigenvalue weighted by Gasteiger charge is 2.68. The normalized spacial score (nSPS) is 20.2. The van der Waals surface area contributed by atoms with Crippen LogP contribution in [0.2, 0.25) is 5.02 Å². The number of nitrogens with zero attached hydrogens (tertiary/aromatic N) is 2. The van der Waals surface area contributed by atoms with Gasteiger partial charge in [0.15, 0.2) is 0 Å². The second-order valence-electron chi connectivity index (χ2n) is 9.97. The largest absolute Gasteiger partial charge is 0.346 e. The van der Waals surface area contributed by atoms with Gasteiger partial charge >= 0.3 is 0 Å². The molecule has 1 N–H and O–H groups in total. The number of likely N-dealkylation sites (tertiary alicyclic amines) is 1. The van der Waals surface area contributed by atoms with E-state index in [2.05, 4.69) is 38.0 Å². The summed E-state index contributed by atoms with van der Waals surface area (Å²) in [5, 5.41) is 5.71. The highest BCUT2D eigenvalue weighted by Crippen LogP contribution is 2.68. The molecular formula is C24H29ClFN3O2S. The number of piperidine rings is 1. The topological polar surface area (TPSA) is 62.3 Å². The van der Waals surface area contributed by atoms with Crippen molar-refractivity contribution in [3.63, 3.8) is 0 Å². The van der Waals surface area contributed by atoms with Crippen LogP contribution in [0.15, 0.2) is 23.6 Å². The van der Waals surface area contributed by atoms with Gasteiger partial charge in [-0.3, -0.25) is 9.59 Å². The quantitative estimate of drug-likeness (QED) is 0.639. The van der Waals surface area contributed by atoms with E-state index in [1.54, 1.807) is 17.5 Å². The second-order valence-corrected chi connectivity index (χ2v) is 11.3. The van der Waals surface area contributed by atoms with Crippen molar-refractivity contribution in [2.75, 3.05) is 13.1 Å². The Bertz CT molecular complexity index is 1030. The van der Waals surface area contributed by atoms with E-state index in [0.717, 1.165) is 30.9 Å². The van der Waals surface area contributed by atoms with Gasteiger partial charge in [0.25, 0.3) is 5.91 Å². The Balaban J connectivity index is 1.31. The van der Waals surface area contributed by atoms with E-state index in [9.17, 15) is 14.0 Å². The van der Waals surface area contributed by atoms with Gasteiger partial charge in [0.2, 0.25) is 5.91 Å². The number of carbonyl (C=O) groups is 2. The van der Waals surface area contributed by atoms with Crippen LogP contribution in [0.4, 0.5) is 4.39 Å². The molecule has 32 heavy (non-hydrogen) atoms. The Kier molecular flexibility index (Phi) is 6.09. The summed E-state index contributed by atoms with van der Waals surface area (Å²) < 4.78 is 13.9. The van der Waals surface area contributed by atoms with Crippen LogP contribution in [0.3, 0.4) is 0 Å². The maximum Gasteiger partial charge on any atom is 0.271 e. The first-order valence-electron chi connectivity index (χ1n) is 11.0. The number of hydrogen-bond acceptors (Lipinski definition) is 4. The van der Waals surface area contributed by atoms with Gasteiger partial charge in [0, 0.05) is 47.4 Å². The molecule has 1 saturated carbocycles. The monoisotopic (exact) mass is 477 g/mol. The van der Waals surface area contributed by atoms with Crippen molar-refractivity contribution in [1.82, 2.24) is 15.2 Å². The van der Waals surface area contributed by atoms with Gasteiger partial charge < -0.3 is 10.2 Å². The molecule has 1 aromatic carbocycles. The Morgan fingerprint density at radius 1 is 1.22 bits per heavy atom. The standard InChI is InChI=1S/C24H29ClFN3O2S/c1-23(2)19(24(23,3)4)22(31)29-9-7-14(8-10-29)21-28-18(13-32-21)20(30)27-12-15-5-6-16(25)11-17(15)26/h5-6,11,13-14,19H,7-10,12H2,1-4H3,(H,27,30). The van der Waals surface area contributed by atoms with Gasteiger partial charge in [-0.05, 0) is 35.8 Å². The number of benzene rings is 1. The van der Waals surface area contributed by atoms with Crippen LogP contribution in [0, 0.1) is 22.6 Å². The molecule has 2 amide bonds. The molecule has 1 aliphatic carbocycles. The summed E-state index contributed by atoms with van der Waals surface area (Å²) in [7, 11) is 0. The molecule has 0 atom stereocenters. The lowest BCUT2D eigenvalue weighted by atomic mass is 9.96. The predicted octanol–water partition coefficient (Wildman–Crippen LogP) is 5.25. The highest BCUT2D eigenvalue weighted by molar-refractivity contribution is 7.09. The fourth-order valence-corrected chi connectivity index (χ4v) is 5.98. The number of aromatic nitrogens is 1. The first-order chi connectivity index (χ1) is 15.0. The number of amides is 2. The van der Waals surface area contributed by atoms with Gasteiger partial charge in [-0.2, -0.15) is 0 Å². The summed E-state index contributed by atoms with van der Waals surface area (Å²) in [6, 6.07) is 4.38. The predicted molar refractivity (Wildman–Crippen MR) is 124 cm³/mol. The first kappa shape index (κ1) is 23.2. The van der Waals surface area contributed by atoms with Crippen LogP contribution in [0.1, 0.15) is 67.5 Å². The van der Waals surface area contributed by atoms with Crippen LogP contribution in [-0.4, -0.2) is 34.8 Å².